The summed E-state index contributed by atoms with van der Waals surface area (Å²) in [4.78, 5) is 0.732. The van der Waals surface area contributed by atoms with Gasteiger partial charge in [0.25, 0.3) is 0 Å². The summed E-state index contributed by atoms with van der Waals surface area (Å²) in [7, 11) is 0. The van der Waals surface area contributed by atoms with Crippen molar-refractivity contribution in [3.8, 4) is 0 Å². The summed E-state index contributed by atoms with van der Waals surface area (Å²) in [6, 6.07) is 8.82. The molecule has 3 unspecified atom stereocenters. The minimum absolute atomic E-state index is 0.345. The van der Waals surface area contributed by atoms with E-state index in [9.17, 15) is 0 Å². The van der Waals surface area contributed by atoms with Gasteiger partial charge in [-0.3, -0.25) is 0 Å². The lowest BCUT2D eigenvalue weighted by Gasteiger charge is -2.32. The Balaban J connectivity index is 1.70. The van der Waals surface area contributed by atoms with Crippen LogP contribution >= 0.6 is 15.9 Å². The number of hydrogen-bond acceptors (Lipinski definition) is 1. The molecule has 1 aromatic carbocycles. The molecule has 18 heavy (non-hydrogen) atoms. The van der Waals surface area contributed by atoms with E-state index in [1.54, 1.807) is 0 Å². The Morgan fingerprint density at radius 2 is 2.11 bits per heavy atom. The molecule has 0 radical (unpaired) electrons. The zero-order chi connectivity index (χ0) is 12.4. The average Bonchev–Trinajstić information content (AvgIpc) is 2.39. The normalized spacial score (nSPS) is 31.9. The number of halogens is 1. The van der Waals surface area contributed by atoms with Crippen LogP contribution in [0.1, 0.15) is 49.3 Å². The van der Waals surface area contributed by atoms with Gasteiger partial charge in [-0.1, -0.05) is 53.0 Å². The molecular formula is C16H21BrO. The van der Waals surface area contributed by atoms with E-state index in [-0.39, 0.29) is 0 Å². The fourth-order valence-electron chi connectivity index (χ4n) is 3.41. The van der Waals surface area contributed by atoms with Crippen molar-refractivity contribution in [2.24, 2.45) is 5.92 Å². The standard InChI is InChI=1S/C16H21BrO/c17-14-6-3-4-12(10-14)11-16-15-7-2-1-5-13(15)8-9-18-16/h1-2,5,7,12,14,16H,3-4,6,8-11H2. The third-order valence-electron chi connectivity index (χ3n) is 4.36. The van der Waals surface area contributed by atoms with Crippen LogP contribution in [-0.2, 0) is 11.2 Å². The molecule has 3 atom stereocenters. The van der Waals surface area contributed by atoms with Gasteiger partial charge in [0.05, 0.1) is 12.7 Å². The van der Waals surface area contributed by atoms with Crippen molar-refractivity contribution >= 4 is 15.9 Å². The Hall–Kier alpha value is -0.340. The highest BCUT2D eigenvalue weighted by molar-refractivity contribution is 9.09. The minimum Gasteiger partial charge on any atom is -0.373 e. The van der Waals surface area contributed by atoms with Gasteiger partial charge in [0.15, 0.2) is 0 Å². The molecule has 98 valence electrons. The van der Waals surface area contributed by atoms with Crippen molar-refractivity contribution in [3.63, 3.8) is 0 Å². The summed E-state index contributed by atoms with van der Waals surface area (Å²) < 4.78 is 6.03. The van der Waals surface area contributed by atoms with Crippen LogP contribution in [0.5, 0.6) is 0 Å². The van der Waals surface area contributed by atoms with Crippen molar-refractivity contribution < 1.29 is 4.74 Å². The summed E-state index contributed by atoms with van der Waals surface area (Å²) in [6.07, 6.45) is 8.05. The maximum absolute atomic E-state index is 6.03. The summed E-state index contributed by atoms with van der Waals surface area (Å²) in [5.74, 6) is 0.833. The molecule has 1 aromatic rings. The highest BCUT2D eigenvalue weighted by Gasteiger charge is 2.27. The first-order valence-electron chi connectivity index (χ1n) is 7.16. The summed E-state index contributed by atoms with van der Waals surface area (Å²) in [5, 5.41) is 0. The smallest absolute Gasteiger partial charge is 0.0830 e. The van der Waals surface area contributed by atoms with E-state index in [1.807, 2.05) is 0 Å². The molecule has 0 N–H and O–H groups in total. The first-order valence-corrected chi connectivity index (χ1v) is 8.08. The number of hydrogen-bond donors (Lipinski definition) is 0. The van der Waals surface area contributed by atoms with E-state index in [2.05, 4.69) is 40.2 Å². The topological polar surface area (TPSA) is 9.23 Å². The quantitative estimate of drug-likeness (QED) is 0.723. The molecule has 1 fully saturated rings. The van der Waals surface area contributed by atoms with Gasteiger partial charge >= 0.3 is 0 Å². The first-order chi connectivity index (χ1) is 8.83. The fraction of sp³-hybridized carbons (Fsp3) is 0.625. The lowest BCUT2D eigenvalue weighted by molar-refractivity contribution is 0.0216. The lowest BCUT2D eigenvalue weighted by atomic mass is 9.82. The number of benzene rings is 1. The Kier molecular flexibility index (Phi) is 4.05. The summed E-state index contributed by atoms with van der Waals surface area (Å²) in [6.45, 7) is 0.895. The molecule has 0 bridgehead atoms. The molecule has 1 saturated carbocycles. The van der Waals surface area contributed by atoms with E-state index in [0.29, 0.717) is 6.10 Å². The van der Waals surface area contributed by atoms with Crippen LogP contribution in [0.4, 0.5) is 0 Å². The maximum Gasteiger partial charge on any atom is 0.0830 e. The molecule has 1 heterocycles. The third-order valence-corrected chi connectivity index (χ3v) is 5.19. The van der Waals surface area contributed by atoms with Crippen molar-refractivity contribution in [1.82, 2.24) is 0 Å². The summed E-state index contributed by atoms with van der Waals surface area (Å²) in [5.41, 5.74) is 2.94. The van der Waals surface area contributed by atoms with Crippen molar-refractivity contribution in [3.05, 3.63) is 35.4 Å². The van der Waals surface area contributed by atoms with Crippen LogP contribution in [0, 0.1) is 5.92 Å². The maximum atomic E-state index is 6.03. The van der Waals surface area contributed by atoms with Gasteiger partial charge in [0.2, 0.25) is 0 Å². The SMILES string of the molecule is BrC1CCCC(CC2OCCc3ccccc32)C1. The van der Waals surface area contributed by atoms with Gasteiger partial charge in [-0.15, -0.1) is 0 Å². The van der Waals surface area contributed by atoms with E-state index in [0.717, 1.165) is 23.8 Å². The second-order valence-electron chi connectivity index (χ2n) is 5.67. The molecular weight excluding hydrogens is 288 g/mol. The van der Waals surface area contributed by atoms with Crippen LogP contribution in [0.2, 0.25) is 0 Å². The lowest BCUT2D eigenvalue weighted by Crippen LogP contribution is -2.22. The van der Waals surface area contributed by atoms with E-state index < -0.39 is 0 Å². The molecule has 1 aliphatic carbocycles. The second kappa shape index (κ2) is 5.75. The Morgan fingerprint density at radius 1 is 1.22 bits per heavy atom. The van der Waals surface area contributed by atoms with Crippen LogP contribution in [0.25, 0.3) is 0 Å². The van der Waals surface area contributed by atoms with Gasteiger partial charge in [0.1, 0.15) is 0 Å². The van der Waals surface area contributed by atoms with E-state index in [4.69, 9.17) is 4.74 Å². The number of fused-ring (bicyclic) bond motifs is 1. The summed E-state index contributed by atoms with van der Waals surface area (Å²) >= 11 is 3.78. The third kappa shape index (κ3) is 2.80. The molecule has 0 amide bonds. The van der Waals surface area contributed by atoms with Crippen LogP contribution in [-0.4, -0.2) is 11.4 Å². The predicted molar refractivity (Wildman–Crippen MR) is 78.1 cm³/mol. The zero-order valence-corrected chi connectivity index (χ0v) is 12.4. The molecule has 1 aliphatic heterocycles. The Morgan fingerprint density at radius 3 is 3.00 bits per heavy atom. The second-order valence-corrected chi connectivity index (χ2v) is 6.97. The van der Waals surface area contributed by atoms with Crippen LogP contribution in [0.15, 0.2) is 24.3 Å². The molecule has 0 saturated heterocycles. The Bertz CT molecular complexity index is 404. The van der Waals surface area contributed by atoms with Gasteiger partial charge < -0.3 is 4.74 Å². The molecule has 0 aromatic heterocycles. The molecule has 0 spiro atoms. The molecule has 2 aliphatic rings. The van der Waals surface area contributed by atoms with Crippen molar-refractivity contribution in [2.75, 3.05) is 6.61 Å². The fourth-order valence-corrected chi connectivity index (χ4v) is 4.27. The van der Waals surface area contributed by atoms with Gasteiger partial charge in [-0.25, -0.2) is 0 Å². The predicted octanol–water partition coefficient (Wildman–Crippen LogP) is 4.64. The largest absolute Gasteiger partial charge is 0.373 e. The van der Waals surface area contributed by atoms with E-state index >= 15 is 0 Å². The highest BCUT2D eigenvalue weighted by Crippen LogP contribution is 2.38. The van der Waals surface area contributed by atoms with Gasteiger partial charge in [-0.05, 0) is 42.7 Å². The van der Waals surface area contributed by atoms with Crippen LogP contribution < -0.4 is 0 Å². The molecule has 2 heteroatoms. The number of alkyl halides is 1. The van der Waals surface area contributed by atoms with Crippen molar-refractivity contribution in [2.45, 2.75) is 49.5 Å². The van der Waals surface area contributed by atoms with E-state index in [1.165, 1.54) is 43.2 Å². The number of rotatable bonds is 2. The monoisotopic (exact) mass is 308 g/mol. The molecule has 1 nitrogen and oxygen atoms in total. The minimum atomic E-state index is 0.345. The Labute approximate surface area is 118 Å². The molecule has 3 rings (SSSR count). The average molecular weight is 309 g/mol. The van der Waals surface area contributed by atoms with Crippen LogP contribution in [0.3, 0.4) is 0 Å². The number of ether oxygens (including phenoxy) is 1. The first kappa shape index (κ1) is 12.7. The van der Waals surface area contributed by atoms with Gasteiger partial charge in [-0.2, -0.15) is 0 Å². The van der Waals surface area contributed by atoms with Gasteiger partial charge in [0, 0.05) is 4.83 Å². The van der Waals surface area contributed by atoms with Crippen molar-refractivity contribution in [1.29, 1.82) is 0 Å². The highest BCUT2D eigenvalue weighted by atomic mass is 79.9. The zero-order valence-electron chi connectivity index (χ0n) is 10.8.